The van der Waals surface area contributed by atoms with Crippen molar-refractivity contribution in [1.82, 2.24) is 9.80 Å². The highest BCUT2D eigenvalue weighted by Gasteiger charge is 2.31. The highest BCUT2D eigenvalue weighted by molar-refractivity contribution is 6.00. The third-order valence-electron chi connectivity index (χ3n) is 7.76. The molecule has 0 aromatic heterocycles. The van der Waals surface area contributed by atoms with Gasteiger partial charge in [-0.25, -0.2) is 0 Å². The molecule has 7 heteroatoms. The van der Waals surface area contributed by atoms with Crippen LogP contribution in [0.5, 0.6) is 5.75 Å². The van der Waals surface area contributed by atoms with E-state index in [9.17, 15) is 9.59 Å². The molecule has 0 spiro atoms. The van der Waals surface area contributed by atoms with Crippen LogP contribution in [0.2, 0.25) is 0 Å². The molecule has 0 bridgehead atoms. The largest absolute Gasteiger partial charge is 0.491 e. The van der Waals surface area contributed by atoms with Crippen molar-refractivity contribution in [3.63, 3.8) is 0 Å². The van der Waals surface area contributed by atoms with Crippen LogP contribution >= 0.6 is 0 Å². The Balaban J connectivity index is 1.59. The Morgan fingerprint density at radius 1 is 1.15 bits per heavy atom. The second-order valence-corrected chi connectivity index (χ2v) is 10.7. The maximum Gasteiger partial charge on any atom is 0.257 e. The number of amides is 2. The molecule has 3 atom stereocenters. The molecule has 2 amide bonds. The third kappa shape index (κ3) is 6.11. The van der Waals surface area contributed by atoms with E-state index < -0.39 is 0 Å². The molecule has 0 unspecified atom stereocenters. The van der Waals surface area contributed by atoms with Crippen molar-refractivity contribution in [3.05, 3.63) is 23.8 Å². The summed E-state index contributed by atoms with van der Waals surface area (Å²) in [6, 6.07) is 5.63. The summed E-state index contributed by atoms with van der Waals surface area (Å²) in [5.41, 5.74) is 1.12. The van der Waals surface area contributed by atoms with E-state index in [1.165, 1.54) is 25.7 Å². The normalized spacial score (nSPS) is 27.5. The van der Waals surface area contributed by atoms with E-state index in [0.717, 1.165) is 31.8 Å². The summed E-state index contributed by atoms with van der Waals surface area (Å²) in [5.74, 6) is 1.59. The predicted octanol–water partition coefficient (Wildman–Crippen LogP) is 4.03. The number of carbonyl (C=O) groups excluding carboxylic acids is 2. The van der Waals surface area contributed by atoms with Crippen molar-refractivity contribution < 1.29 is 19.1 Å². The fourth-order valence-electron chi connectivity index (χ4n) is 5.30. The summed E-state index contributed by atoms with van der Waals surface area (Å²) in [7, 11) is 3.55. The van der Waals surface area contributed by atoms with E-state index in [0.29, 0.717) is 30.2 Å². The van der Waals surface area contributed by atoms with Gasteiger partial charge < -0.3 is 19.7 Å². The van der Waals surface area contributed by atoms with Gasteiger partial charge in [0.15, 0.2) is 0 Å². The number of rotatable bonds is 5. The molecule has 1 aromatic carbocycles. The van der Waals surface area contributed by atoms with Gasteiger partial charge in [-0.1, -0.05) is 19.8 Å². The molecule has 1 heterocycles. The number of carbonyl (C=O) groups is 2. The van der Waals surface area contributed by atoms with Crippen molar-refractivity contribution >= 4 is 17.5 Å². The van der Waals surface area contributed by atoms with E-state index in [4.69, 9.17) is 9.47 Å². The minimum atomic E-state index is -0.122. The van der Waals surface area contributed by atoms with Crippen LogP contribution in [0.3, 0.4) is 0 Å². The number of nitrogens with zero attached hydrogens (tertiary/aromatic N) is 2. The maximum atomic E-state index is 13.4. The van der Waals surface area contributed by atoms with E-state index in [1.54, 1.807) is 18.1 Å². The van der Waals surface area contributed by atoms with Gasteiger partial charge in [0.25, 0.3) is 5.91 Å². The number of methoxy groups -OCH3 is 1. The minimum absolute atomic E-state index is 0.0271. The fraction of sp³-hybridized carbons (Fsp3) is 0.704. The predicted molar refractivity (Wildman–Crippen MR) is 133 cm³/mol. The molecule has 3 aliphatic rings. The highest BCUT2D eigenvalue weighted by Crippen LogP contribution is 2.32. The van der Waals surface area contributed by atoms with Crippen LogP contribution in [0.1, 0.15) is 62.7 Å². The fourth-order valence-corrected chi connectivity index (χ4v) is 5.30. The summed E-state index contributed by atoms with van der Waals surface area (Å²) < 4.78 is 12.1. The zero-order valence-corrected chi connectivity index (χ0v) is 21.2. The molecule has 1 aromatic rings. The first-order valence-electron chi connectivity index (χ1n) is 13.0. The second-order valence-electron chi connectivity index (χ2n) is 10.7. The van der Waals surface area contributed by atoms with E-state index in [2.05, 4.69) is 24.1 Å². The zero-order valence-electron chi connectivity index (χ0n) is 21.2. The van der Waals surface area contributed by atoms with Gasteiger partial charge in [0.05, 0.1) is 11.7 Å². The molecule has 2 aliphatic carbocycles. The number of ether oxygens (including phenoxy) is 2. The average Bonchev–Trinajstić information content (AvgIpc) is 3.56. The van der Waals surface area contributed by atoms with Crippen molar-refractivity contribution in [1.29, 1.82) is 0 Å². The van der Waals surface area contributed by atoms with Gasteiger partial charge in [-0.2, -0.15) is 0 Å². The molecule has 0 radical (unpaired) electrons. The first kappa shape index (κ1) is 25.0. The molecule has 1 aliphatic heterocycles. The lowest BCUT2D eigenvalue weighted by molar-refractivity contribution is -0.117. The summed E-state index contributed by atoms with van der Waals surface area (Å²) in [5, 5.41) is 2.96. The molecule has 0 saturated heterocycles. The molecular weight excluding hydrogens is 430 g/mol. The maximum absolute atomic E-state index is 13.4. The van der Waals surface area contributed by atoms with Crippen molar-refractivity contribution in [2.75, 3.05) is 45.7 Å². The zero-order chi connectivity index (χ0) is 24.2. The Kier molecular flexibility index (Phi) is 8.14. The topological polar surface area (TPSA) is 71.1 Å². The van der Waals surface area contributed by atoms with Gasteiger partial charge in [-0.15, -0.1) is 0 Å². The number of benzene rings is 1. The van der Waals surface area contributed by atoms with Crippen LogP contribution in [0.15, 0.2) is 18.2 Å². The van der Waals surface area contributed by atoms with Crippen LogP contribution < -0.4 is 10.1 Å². The van der Waals surface area contributed by atoms with E-state index in [-0.39, 0.29) is 35.8 Å². The van der Waals surface area contributed by atoms with Crippen molar-refractivity contribution in [2.45, 2.75) is 64.5 Å². The highest BCUT2D eigenvalue weighted by atomic mass is 16.5. The average molecular weight is 472 g/mol. The summed E-state index contributed by atoms with van der Waals surface area (Å²) in [4.78, 5) is 30.0. The van der Waals surface area contributed by atoms with Crippen molar-refractivity contribution in [3.8, 4) is 5.75 Å². The molecule has 7 nitrogen and oxygen atoms in total. The van der Waals surface area contributed by atoms with Gasteiger partial charge in [0, 0.05) is 51.4 Å². The summed E-state index contributed by atoms with van der Waals surface area (Å²) >= 11 is 0. The van der Waals surface area contributed by atoms with Crippen molar-refractivity contribution in [2.24, 2.45) is 17.8 Å². The SMILES string of the molecule is CO[C@H]1CN(C)C(=O)c2cc(NC(=O)C3CC3)ccc2OC[C@H](C)N(CC2CCCC2)C[C@H]1C. The number of hydrogen-bond donors (Lipinski definition) is 1. The van der Waals surface area contributed by atoms with Gasteiger partial charge >= 0.3 is 0 Å². The minimum Gasteiger partial charge on any atom is -0.491 e. The Hall–Kier alpha value is -2.12. The first-order valence-corrected chi connectivity index (χ1v) is 13.0. The van der Waals surface area contributed by atoms with Gasteiger partial charge in [-0.3, -0.25) is 14.5 Å². The molecule has 2 fully saturated rings. The third-order valence-corrected chi connectivity index (χ3v) is 7.76. The standard InChI is InChI=1S/C27H41N3O4/c1-18-14-30(15-20-7-5-6-8-20)19(2)17-34-24-12-11-22(28-26(31)21-9-10-21)13-23(24)27(32)29(3)16-25(18)33-4/h11-13,18-21,25H,5-10,14-17H2,1-4H3,(H,28,31)/t18-,19+,25+/m1/s1. The summed E-state index contributed by atoms with van der Waals surface area (Å²) in [6.07, 6.45) is 7.09. The molecule has 1 N–H and O–H groups in total. The smallest absolute Gasteiger partial charge is 0.257 e. The Labute approximate surface area is 204 Å². The first-order chi connectivity index (χ1) is 16.4. The van der Waals surface area contributed by atoms with Crippen LogP contribution in [0.25, 0.3) is 0 Å². The monoisotopic (exact) mass is 471 g/mol. The van der Waals surface area contributed by atoms with Gasteiger partial charge in [0.1, 0.15) is 12.4 Å². The number of anilines is 1. The number of likely N-dealkylation sites (N-methyl/N-ethyl adjacent to an activating group) is 1. The molecule has 188 valence electrons. The lowest BCUT2D eigenvalue weighted by Gasteiger charge is -2.37. The lowest BCUT2D eigenvalue weighted by atomic mass is 9.99. The molecular formula is C27H41N3O4. The number of nitrogens with one attached hydrogen (secondary N) is 1. The van der Waals surface area contributed by atoms with Crippen LogP contribution in [0, 0.1) is 17.8 Å². The number of hydrogen-bond acceptors (Lipinski definition) is 5. The Morgan fingerprint density at radius 3 is 2.56 bits per heavy atom. The van der Waals surface area contributed by atoms with E-state index >= 15 is 0 Å². The van der Waals surface area contributed by atoms with Gasteiger partial charge in [0.2, 0.25) is 5.91 Å². The van der Waals surface area contributed by atoms with E-state index in [1.807, 2.05) is 19.2 Å². The molecule has 4 rings (SSSR count). The lowest BCUT2D eigenvalue weighted by Crippen LogP contribution is -2.47. The van der Waals surface area contributed by atoms with Crippen LogP contribution in [-0.4, -0.2) is 74.2 Å². The summed E-state index contributed by atoms with van der Waals surface area (Å²) in [6.45, 7) is 7.44. The molecule has 2 saturated carbocycles. The van der Waals surface area contributed by atoms with Gasteiger partial charge in [-0.05, 0) is 62.6 Å². The number of fused-ring (bicyclic) bond motifs is 1. The molecule has 34 heavy (non-hydrogen) atoms. The Bertz CT molecular complexity index is 865. The second kappa shape index (κ2) is 11.1. The quantitative estimate of drug-likeness (QED) is 0.702. The van der Waals surface area contributed by atoms with Crippen LogP contribution in [0.4, 0.5) is 5.69 Å². The van der Waals surface area contributed by atoms with Crippen LogP contribution in [-0.2, 0) is 9.53 Å². The Morgan fingerprint density at radius 2 is 1.88 bits per heavy atom.